The number of halogens is 5. The molecule has 0 bridgehead atoms. The molecule has 0 aliphatic heterocycles. The fourth-order valence-electron chi connectivity index (χ4n) is 9.71. The van der Waals surface area contributed by atoms with Crippen molar-refractivity contribution in [3.8, 4) is 0 Å². The van der Waals surface area contributed by atoms with Crippen LogP contribution in [0, 0.1) is 58.0 Å². The normalized spacial score (nSPS) is 38.3. The molecule has 214 valence electrons. The van der Waals surface area contributed by atoms with Crippen LogP contribution in [0.2, 0.25) is 0 Å². The number of benzene rings is 1. The van der Waals surface area contributed by atoms with Gasteiger partial charge in [0.1, 0.15) is 12.1 Å². The summed E-state index contributed by atoms with van der Waals surface area (Å²) in [4.78, 5) is 14.8. The van der Waals surface area contributed by atoms with Crippen LogP contribution in [0.3, 0.4) is 0 Å². The van der Waals surface area contributed by atoms with E-state index >= 15 is 0 Å². The molecule has 5 nitrogen and oxygen atoms in total. The van der Waals surface area contributed by atoms with Crippen molar-refractivity contribution in [3.05, 3.63) is 23.8 Å². The Bertz CT molecular complexity index is 1260. The van der Waals surface area contributed by atoms with E-state index in [-0.39, 0.29) is 58.9 Å². The van der Waals surface area contributed by atoms with Crippen LogP contribution in [0.1, 0.15) is 64.7 Å². The number of nitrogens with zero attached hydrogens (tertiary/aromatic N) is 3. The molecule has 39 heavy (non-hydrogen) atoms. The average molecular weight is 554 g/mol. The van der Waals surface area contributed by atoms with Crippen molar-refractivity contribution in [1.29, 1.82) is 0 Å². The molecular weight excluding hydrogens is 517 g/mol. The van der Waals surface area contributed by atoms with Crippen molar-refractivity contribution in [2.24, 2.45) is 46.3 Å². The lowest BCUT2D eigenvalue weighted by Gasteiger charge is -2.62. The summed E-state index contributed by atoms with van der Waals surface area (Å²) in [6, 6.07) is 2.35. The fraction of sp³-hybridized carbons (Fsp3) is 0.759. The number of ether oxygens (including phenoxy) is 1. The first-order valence-corrected chi connectivity index (χ1v) is 14.2. The molecule has 0 saturated heterocycles. The number of rotatable bonds is 5. The molecule has 8 atom stereocenters. The highest BCUT2D eigenvalue weighted by Gasteiger charge is 2.63. The van der Waals surface area contributed by atoms with Gasteiger partial charge in [0.15, 0.2) is 22.9 Å². The van der Waals surface area contributed by atoms with E-state index in [2.05, 4.69) is 17.1 Å². The Hall–Kier alpha value is -2.10. The van der Waals surface area contributed by atoms with Crippen molar-refractivity contribution >= 4 is 16.8 Å². The summed E-state index contributed by atoms with van der Waals surface area (Å²) in [7, 11) is 1.66. The lowest BCUT2D eigenvalue weighted by atomic mass is 9.43. The van der Waals surface area contributed by atoms with Gasteiger partial charge in [-0.15, -0.1) is 5.10 Å². The van der Waals surface area contributed by atoms with Crippen molar-refractivity contribution < 1.29 is 31.5 Å². The zero-order valence-electron chi connectivity index (χ0n) is 22.4. The van der Waals surface area contributed by atoms with E-state index in [1.165, 1.54) is 10.9 Å². The topological polar surface area (TPSA) is 57.0 Å². The molecule has 4 aliphatic rings. The molecule has 0 amide bonds. The zero-order valence-corrected chi connectivity index (χ0v) is 22.4. The van der Waals surface area contributed by atoms with Crippen molar-refractivity contribution in [2.75, 3.05) is 13.7 Å². The molecular formula is C29H36F5N3O2. The number of methoxy groups -OCH3 is 1. The molecule has 6 rings (SSSR count). The van der Waals surface area contributed by atoms with Crippen LogP contribution in [0.4, 0.5) is 22.0 Å². The maximum Gasteiger partial charge on any atom is 0.391 e. The number of hydrogen-bond donors (Lipinski definition) is 0. The Balaban J connectivity index is 1.21. The zero-order chi connectivity index (χ0) is 27.7. The Morgan fingerprint density at radius 2 is 1.85 bits per heavy atom. The lowest BCUT2D eigenvalue weighted by Crippen LogP contribution is -2.57. The van der Waals surface area contributed by atoms with Gasteiger partial charge in [-0.1, -0.05) is 6.92 Å². The van der Waals surface area contributed by atoms with Crippen LogP contribution in [-0.4, -0.2) is 40.7 Å². The first kappa shape index (κ1) is 27.1. The van der Waals surface area contributed by atoms with Gasteiger partial charge in [0, 0.05) is 13.0 Å². The minimum absolute atomic E-state index is 0.00520. The second-order valence-corrected chi connectivity index (χ2v) is 12.9. The molecule has 2 aromatic rings. The minimum atomic E-state index is -4.14. The molecule has 10 heteroatoms. The number of fused-ring (bicyclic) bond motifs is 6. The van der Waals surface area contributed by atoms with Gasteiger partial charge in [-0.2, -0.15) is 23.1 Å². The second-order valence-electron chi connectivity index (χ2n) is 12.9. The number of aromatic nitrogens is 3. The summed E-state index contributed by atoms with van der Waals surface area (Å²) < 4.78 is 74.4. The number of carbonyl (C=O) groups excluding carboxylic acids is 1. The Kier molecular flexibility index (Phi) is 6.59. The lowest BCUT2D eigenvalue weighted by molar-refractivity contribution is -0.217. The van der Waals surface area contributed by atoms with Crippen molar-refractivity contribution in [2.45, 2.75) is 77.4 Å². The van der Waals surface area contributed by atoms with Crippen molar-refractivity contribution in [1.82, 2.24) is 15.0 Å². The van der Waals surface area contributed by atoms with Gasteiger partial charge in [0.05, 0.1) is 12.5 Å². The van der Waals surface area contributed by atoms with E-state index in [1.807, 2.05) is 0 Å². The van der Waals surface area contributed by atoms with Gasteiger partial charge >= 0.3 is 6.18 Å². The summed E-state index contributed by atoms with van der Waals surface area (Å²) >= 11 is 0. The predicted molar refractivity (Wildman–Crippen MR) is 133 cm³/mol. The molecule has 4 aliphatic carbocycles. The number of Topliss-reactive ketones (excluding diaryl/α,β-unsaturated/α-hetero) is 1. The average Bonchev–Trinajstić information content (AvgIpc) is 3.46. The highest BCUT2D eigenvalue weighted by molar-refractivity contribution is 5.82. The van der Waals surface area contributed by atoms with Crippen LogP contribution in [-0.2, 0) is 16.1 Å². The first-order valence-electron chi connectivity index (χ1n) is 14.2. The second kappa shape index (κ2) is 9.48. The molecule has 1 aromatic heterocycles. The molecule has 0 radical (unpaired) electrons. The van der Waals surface area contributed by atoms with Gasteiger partial charge in [0.25, 0.3) is 0 Å². The molecule has 1 heterocycles. The van der Waals surface area contributed by atoms with E-state index in [1.54, 1.807) is 7.11 Å². The van der Waals surface area contributed by atoms with E-state index in [0.29, 0.717) is 30.8 Å². The van der Waals surface area contributed by atoms with Crippen LogP contribution in [0.25, 0.3) is 11.0 Å². The maximum absolute atomic E-state index is 14.1. The highest BCUT2D eigenvalue weighted by Crippen LogP contribution is 2.68. The minimum Gasteiger partial charge on any atom is -0.384 e. The Morgan fingerprint density at radius 3 is 2.59 bits per heavy atom. The third-order valence-corrected chi connectivity index (χ3v) is 11.4. The summed E-state index contributed by atoms with van der Waals surface area (Å²) in [5.41, 5.74) is -0.397. The maximum atomic E-state index is 14.1. The fourth-order valence-corrected chi connectivity index (χ4v) is 9.71. The predicted octanol–water partition coefficient (Wildman–Crippen LogP) is 6.74. The molecule has 1 aromatic carbocycles. The van der Waals surface area contributed by atoms with E-state index in [9.17, 15) is 26.7 Å². The number of ketones is 1. The van der Waals surface area contributed by atoms with Gasteiger partial charge in [-0.3, -0.25) is 4.79 Å². The summed E-state index contributed by atoms with van der Waals surface area (Å²) in [5, 5.41) is 8.25. The SMILES string of the molecule is COC[C@]12CC[C@H](C(F)(F)F)C[C@H]1CC[C@H]1[C@@H]3CC[C@H](C(=O)Cn4nc5ccc(F)c(F)c5n4)[C@@]3(C)CC[C@@H]12. The largest absolute Gasteiger partial charge is 0.391 e. The van der Waals surface area contributed by atoms with Crippen LogP contribution in [0.15, 0.2) is 12.1 Å². The Morgan fingerprint density at radius 1 is 1.05 bits per heavy atom. The molecule has 4 fully saturated rings. The summed E-state index contributed by atoms with van der Waals surface area (Å²) in [5.74, 6) is -2.43. The van der Waals surface area contributed by atoms with Crippen LogP contribution in [0.5, 0.6) is 0 Å². The number of alkyl halides is 3. The summed E-state index contributed by atoms with van der Waals surface area (Å²) in [6.45, 7) is 2.62. The van der Waals surface area contributed by atoms with Gasteiger partial charge < -0.3 is 4.74 Å². The monoisotopic (exact) mass is 553 g/mol. The van der Waals surface area contributed by atoms with E-state index in [4.69, 9.17) is 4.74 Å². The standard InChI is InChI=1S/C29H36F5N3O2/c1-27-11-10-20-18(4-3-16-13-17(29(32,33)34)9-12-28(16,20)15-39-2)19(27)5-6-21(27)24(38)14-37-35-23-8-7-22(30)25(31)26(23)36-37/h7-8,16-21H,3-6,9-15H2,1-2H3/t16-,17+,18+,19+,20+,21-,27+,28-/m1/s1. The van der Waals surface area contributed by atoms with Gasteiger partial charge in [-0.25, -0.2) is 8.78 Å². The van der Waals surface area contributed by atoms with Crippen LogP contribution < -0.4 is 0 Å². The smallest absolute Gasteiger partial charge is 0.384 e. The molecule has 0 unspecified atom stereocenters. The quantitative estimate of drug-likeness (QED) is 0.385. The number of hydrogen-bond acceptors (Lipinski definition) is 4. The Labute approximate surface area is 224 Å². The van der Waals surface area contributed by atoms with Crippen LogP contribution >= 0.6 is 0 Å². The highest BCUT2D eigenvalue weighted by atomic mass is 19.4. The third kappa shape index (κ3) is 4.22. The molecule has 0 N–H and O–H groups in total. The van der Waals surface area contributed by atoms with Gasteiger partial charge in [-0.05, 0) is 104 Å². The van der Waals surface area contributed by atoms with Gasteiger partial charge in [0.2, 0.25) is 0 Å². The third-order valence-electron chi connectivity index (χ3n) is 11.4. The molecule has 0 spiro atoms. The number of carbonyl (C=O) groups is 1. The summed E-state index contributed by atoms with van der Waals surface area (Å²) in [6.07, 6.45) is 1.90. The van der Waals surface area contributed by atoms with E-state index < -0.39 is 23.7 Å². The molecule has 4 saturated carbocycles. The van der Waals surface area contributed by atoms with Crippen molar-refractivity contribution in [3.63, 3.8) is 0 Å². The van der Waals surface area contributed by atoms with E-state index in [0.717, 1.165) is 44.6 Å². The first-order chi connectivity index (χ1) is 18.5.